The second-order valence-electron chi connectivity index (χ2n) is 22.6. The lowest BCUT2D eigenvalue weighted by Crippen LogP contribution is -2.22. The summed E-state index contributed by atoms with van der Waals surface area (Å²) in [7, 11) is 14.5. The van der Waals surface area contributed by atoms with Crippen LogP contribution in [0.4, 0.5) is 0 Å². The molecule has 1 aliphatic carbocycles. The summed E-state index contributed by atoms with van der Waals surface area (Å²) in [5.74, 6) is 7.24. The predicted molar refractivity (Wildman–Crippen MR) is 344 cm³/mol. The molecule has 3 atom stereocenters. The number of ether oxygens (including phenoxy) is 21. The molecule has 0 aromatic heterocycles. The number of hydrogen-bond donors (Lipinski definition) is 0. The smallest absolute Gasteiger partial charge is 0.203 e. The van der Waals surface area contributed by atoms with E-state index in [0.717, 1.165) is 108 Å². The van der Waals surface area contributed by atoms with Gasteiger partial charge >= 0.3 is 0 Å². The number of rotatable bonds is 33. The molecule has 93 heavy (non-hydrogen) atoms. The minimum absolute atomic E-state index is 0.120. The minimum atomic E-state index is -0.212. The average Bonchev–Trinajstić information content (AvgIpc) is 1.74. The van der Waals surface area contributed by atoms with Crippen LogP contribution in [-0.4, -0.2) is 142 Å². The van der Waals surface area contributed by atoms with Crippen molar-refractivity contribution in [3.63, 3.8) is 0 Å². The molecule has 3 unspecified atom stereocenters. The Hall–Kier alpha value is -7.92. The summed E-state index contributed by atoms with van der Waals surface area (Å²) >= 11 is 0. The fourth-order valence-electron chi connectivity index (χ4n) is 12.0. The quantitative estimate of drug-likeness (QED) is 0.0352. The molecule has 21 heteroatoms. The zero-order valence-electron chi connectivity index (χ0n) is 55.2. The minimum Gasteiger partial charge on any atom is -0.493 e. The van der Waals surface area contributed by atoms with E-state index in [2.05, 4.69) is 0 Å². The fraction of sp³-hybridized carbons (Fsp3) is 0.500. The average molecular weight is 1290 g/mol. The van der Waals surface area contributed by atoms with E-state index in [9.17, 15) is 0 Å². The Morgan fingerprint density at radius 1 is 0.290 bits per heavy atom. The van der Waals surface area contributed by atoms with Gasteiger partial charge in [-0.25, -0.2) is 0 Å². The lowest BCUT2D eigenvalue weighted by molar-refractivity contribution is -0.169. The van der Waals surface area contributed by atoms with Crippen LogP contribution in [0.15, 0.2) is 72.8 Å². The lowest BCUT2D eigenvalue weighted by atomic mass is 9.92. The number of methoxy groups -OCH3 is 9. The van der Waals surface area contributed by atoms with E-state index in [1.807, 2.05) is 72.8 Å². The molecular formula is C72H90O21. The summed E-state index contributed by atoms with van der Waals surface area (Å²) in [6.07, 6.45) is 9.37. The molecule has 6 aromatic carbocycles. The number of hydrogen-bond acceptors (Lipinski definition) is 21. The molecule has 3 fully saturated rings. The molecule has 10 rings (SSSR count). The molecule has 0 N–H and O–H groups in total. The highest BCUT2D eigenvalue weighted by molar-refractivity contribution is 5.69. The molecule has 0 spiro atoms. The van der Waals surface area contributed by atoms with Gasteiger partial charge in [0.05, 0.1) is 83.8 Å². The number of benzene rings is 6. The Morgan fingerprint density at radius 3 is 0.817 bits per heavy atom. The maximum Gasteiger partial charge on any atom is 0.203 e. The van der Waals surface area contributed by atoms with Crippen LogP contribution in [-0.2, 0) is 67.5 Å². The van der Waals surface area contributed by atoms with E-state index in [4.69, 9.17) is 99.5 Å². The highest BCUT2D eigenvalue weighted by Crippen LogP contribution is 2.52. The molecular weight excluding hydrogens is 1200 g/mol. The zero-order chi connectivity index (χ0) is 64.9. The van der Waals surface area contributed by atoms with Gasteiger partial charge in [-0.05, 0) is 146 Å². The van der Waals surface area contributed by atoms with Gasteiger partial charge in [-0.2, -0.15) is 0 Å². The van der Waals surface area contributed by atoms with Crippen LogP contribution in [0.1, 0.15) is 108 Å². The van der Waals surface area contributed by atoms with Crippen molar-refractivity contribution in [1.29, 1.82) is 0 Å². The van der Waals surface area contributed by atoms with Crippen molar-refractivity contribution >= 4 is 0 Å². The topological polar surface area (TPSA) is 194 Å². The second kappa shape index (κ2) is 34.3. The Balaban J connectivity index is 0.936. The van der Waals surface area contributed by atoms with Crippen molar-refractivity contribution in [2.45, 2.75) is 116 Å². The van der Waals surface area contributed by atoms with Gasteiger partial charge in [0.15, 0.2) is 87.9 Å². The van der Waals surface area contributed by atoms with Gasteiger partial charge < -0.3 is 99.5 Å². The third-order valence-electron chi connectivity index (χ3n) is 16.7. The molecule has 3 aliphatic heterocycles. The SMILES string of the molecule is COc1cc(COC2CCCCO2)ccc1OCCOc1c(OC)cc2c(c1OC)Cc1cc(OC)c(OCCOc3ccc(COC4CCCCO4)cc3OC)c(OC)c1Cc1cc(OC)c(OCCOc3ccc(COC4CCCCO4)cc3OC)c(OC)c1C2. The van der Waals surface area contributed by atoms with Crippen molar-refractivity contribution in [3.05, 3.63) is 123 Å². The van der Waals surface area contributed by atoms with Crippen molar-refractivity contribution < 1.29 is 99.5 Å². The maximum atomic E-state index is 6.65. The van der Waals surface area contributed by atoms with Crippen molar-refractivity contribution in [2.75, 3.05) is 123 Å². The Morgan fingerprint density at radius 2 is 0.570 bits per heavy atom. The standard InChI is InChI=1S/C72H90O21/c1-73-58-34-46(43-91-64-16-10-13-25-85-64)19-22-55(58)82-28-31-88-70-61(76-4)40-49-38-53-51(42-63(78-6)72(68(53)80-8)90-33-30-84-57-24-21-48(36-60(57)75-3)45-93-66-18-12-15-27-87-66)39-54-50(37-52(49)67(70)79-7)41-62(77-5)71(69(54)81-9)89-32-29-83-56-23-20-47(35-59(56)74-2)44-92-65-17-11-14-26-86-65/h19-24,34-36,40-42,64-66H,10-18,25-33,37-39,43-45H2,1-9H3. The summed E-state index contributed by atoms with van der Waals surface area (Å²) in [5, 5.41) is 0. The molecule has 6 aromatic rings. The van der Waals surface area contributed by atoms with Crippen LogP contribution in [0, 0.1) is 0 Å². The van der Waals surface area contributed by atoms with Crippen LogP contribution < -0.4 is 71.1 Å². The van der Waals surface area contributed by atoms with Gasteiger partial charge in [-0.3, -0.25) is 0 Å². The lowest BCUT2D eigenvalue weighted by Gasteiger charge is -2.23. The molecule has 504 valence electrons. The van der Waals surface area contributed by atoms with E-state index >= 15 is 0 Å². The van der Waals surface area contributed by atoms with Crippen LogP contribution in [0.5, 0.6) is 86.2 Å². The molecule has 21 nitrogen and oxygen atoms in total. The first-order chi connectivity index (χ1) is 45.7. The molecule has 0 radical (unpaired) electrons. The molecule has 0 amide bonds. The largest absolute Gasteiger partial charge is 0.493 e. The van der Waals surface area contributed by atoms with Gasteiger partial charge in [0.25, 0.3) is 0 Å². The summed E-state index contributed by atoms with van der Waals surface area (Å²) in [4.78, 5) is 0. The Kier molecular flexibility index (Phi) is 25.1. The highest BCUT2D eigenvalue weighted by Gasteiger charge is 2.32. The van der Waals surface area contributed by atoms with Gasteiger partial charge in [0, 0.05) is 55.8 Å². The predicted octanol–water partition coefficient (Wildman–Crippen LogP) is 12.4. The van der Waals surface area contributed by atoms with Gasteiger partial charge in [-0.1, -0.05) is 18.2 Å². The van der Waals surface area contributed by atoms with E-state index < -0.39 is 0 Å². The van der Waals surface area contributed by atoms with Crippen LogP contribution >= 0.6 is 0 Å². The van der Waals surface area contributed by atoms with E-state index in [1.54, 1.807) is 64.0 Å². The third kappa shape index (κ3) is 17.3. The number of fused-ring (bicyclic) bond motifs is 3. The normalized spacial score (nSPS) is 16.9. The zero-order valence-corrected chi connectivity index (χ0v) is 55.2. The van der Waals surface area contributed by atoms with E-state index in [0.29, 0.717) is 145 Å². The first kappa shape index (κ1) is 68.0. The summed E-state index contributed by atoms with van der Waals surface area (Å²) in [6, 6.07) is 23.2. The molecule has 4 aliphatic rings. The summed E-state index contributed by atoms with van der Waals surface area (Å²) in [6.45, 7) is 4.12. The van der Waals surface area contributed by atoms with Crippen LogP contribution in [0.3, 0.4) is 0 Å². The Labute approximate surface area is 545 Å². The molecule has 3 heterocycles. The van der Waals surface area contributed by atoms with Gasteiger partial charge in [0.2, 0.25) is 17.2 Å². The maximum absolute atomic E-state index is 6.65. The second-order valence-corrected chi connectivity index (χ2v) is 22.6. The summed E-state index contributed by atoms with van der Waals surface area (Å²) in [5.41, 5.74) is 7.82. The van der Waals surface area contributed by atoms with Crippen molar-refractivity contribution in [1.82, 2.24) is 0 Å². The first-order valence-corrected chi connectivity index (χ1v) is 32.0. The summed E-state index contributed by atoms with van der Waals surface area (Å²) < 4.78 is 129. The molecule has 0 bridgehead atoms. The van der Waals surface area contributed by atoms with Crippen molar-refractivity contribution in [2.24, 2.45) is 0 Å². The molecule has 3 saturated heterocycles. The first-order valence-electron chi connectivity index (χ1n) is 32.0. The van der Waals surface area contributed by atoms with Crippen molar-refractivity contribution in [3.8, 4) is 86.2 Å². The molecule has 0 saturated carbocycles. The fourth-order valence-corrected chi connectivity index (χ4v) is 12.0. The van der Waals surface area contributed by atoms with Gasteiger partial charge in [0.1, 0.15) is 39.6 Å². The highest BCUT2D eigenvalue weighted by atomic mass is 16.7. The van der Waals surface area contributed by atoms with Gasteiger partial charge in [-0.15, -0.1) is 0 Å². The Bertz CT molecular complexity index is 3020. The monoisotopic (exact) mass is 1290 g/mol. The van der Waals surface area contributed by atoms with Crippen LogP contribution in [0.2, 0.25) is 0 Å². The van der Waals surface area contributed by atoms with Crippen LogP contribution in [0.25, 0.3) is 0 Å². The third-order valence-corrected chi connectivity index (χ3v) is 16.7. The van der Waals surface area contributed by atoms with E-state index in [-0.39, 0.29) is 58.5 Å². The van der Waals surface area contributed by atoms with E-state index in [1.165, 1.54) is 0 Å².